The molecule has 1 aliphatic heterocycles. The molecule has 3 nitrogen and oxygen atoms in total. The molecule has 3 heteroatoms. The Balaban J connectivity index is 2.00. The first-order chi connectivity index (χ1) is 8.20. The maximum absolute atomic E-state index is 12.0. The number of hydrogen-bond donors (Lipinski definition) is 2. The molecule has 0 aliphatic carbocycles. The Hall–Kier alpha value is -1.35. The Morgan fingerprint density at radius 1 is 1.47 bits per heavy atom. The van der Waals surface area contributed by atoms with Gasteiger partial charge < -0.3 is 10.6 Å². The van der Waals surface area contributed by atoms with E-state index >= 15 is 0 Å². The number of hydrogen-bond acceptors (Lipinski definition) is 2. The van der Waals surface area contributed by atoms with Crippen molar-refractivity contribution in [3.63, 3.8) is 0 Å². The number of benzene rings is 1. The lowest BCUT2D eigenvalue weighted by Gasteiger charge is -2.26. The molecule has 2 unspecified atom stereocenters. The topological polar surface area (TPSA) is 41.1 Å². The van der Waals surface area contributed by atoms with E-state index in [4.69, 9.17) is 0 Å². The largest absolute Gasteiger partial charge is 0.352 e. The van der Waals surface area contributed by atoms with Gasteiger partial charge in [0.05, 0.1) is 6.04 Å². The smallest absolute Gasteiger partial charge is 0.237 e. The molecule has 1 aliphatic rings. The summed E-state index contributed by atoms with van der Waals surface area (Å²) in [5, 5.41) is 6.32. The summed E-state index contributed by atoms with van der Waals surface area (Å²) < 4.78 is 0. The monoisotopic (exact) mass is 232 g/mol. The van der Waals surface area contributed by atoms with E-state index < -0.39 is 0 Å². The zero-order chi connectivity index (χ0) is 12.3. The van der Waals surface area contributed by atoms with Crippen molar-refractivity contribution in [3.8, 4) is 0 Å². The molecule has 0 spiro atoms. The summed E-state index contributed by atoms with van der Waals surface area (Å²) in [6, 6.07) is 8.47. The van der Waals surface area contributed by atoms with E-state index in [9.17, 15) is 4.79 Å². The number of nitrogens with one attached hydrogen (secondary N) is 2. The van der Waals surface area contributed by atoms with Crippen molar-refractivity contribution in [3.05, 3.63) is 35.4 Å². The van der Waals surface area contributed by atoms with Crippen LogP contribution in [0.5, 0.6) is 0 Å². The Bertz CT molecular complexity index is 403. The third-order valence-electron chi connectivity index (χ3n) is 3.40. The van der Waals surface area contributed by atoms with Crippen molar-refractivity contribution < 1.29 is 4.79 Å². The van der Waals surface area contributed by atoms with Crippen LogP contribution in [0.15, 0.2) is 24.3 Å². The van der Waals surface area contributed by atoms with Gasteiger partial charge in [0.15, 0.2) is 0 Å². The van der Waals surface area contributed by atoms with Gasteiger partial charge in [-0.05, 0) is 30.9 Å². The van der Waals surface area contributed by atoms with Gasteiger partial charge in [-0.1, -0.05) is 31.2 Å². The minimum absolute atomic E-state index is 0.0844. The van der Waals surface area contributed by atoms with E-state index in [1.54, 1.807) is 0 Å². The van der Waals surface area contributed by atoms with Gasteiger partial charge in [0, 0.05) is 12.6 Å². The summed E-state index contributed by atoms with van der Waals surface area (Å²) in [5.74, 6) is 0.119. The maximum atomic E-state index is 12.0. The second-order valence-electron chi connectivity index (χ2n) is 4.72. The molecule has 2 atom stereocenters. The summed E-state index contributed by atoms with van der Waals surface area (Å²) in [6.45, 7) is 4.90. The van der Waals surface area contributed by atoms with Crippen LogP contribution in [-0.4, -0.2) is 18.0 Å². The molecule has 1 aromatic carbocycles. The average molecular weight is 232 g/mol. The lowest BCUT2D eigenvalue weighted by atomic mass is 9.95. The lowest BCUT2D eigenvalue weighted by Crippen LogP contribution is -2.49. The first-order valence-electron chi connectivity index (χ1n) is 6.31. The van der Waals surface area contributed by atoms with Crippen molar-refractivity contribution in [2.45, 2.75) is 45.3 Å². The van der Waals surface area contributed by atoms with E-state index in [0.717, 1.165) is 19.4 Å². The molecule has 0 saturated carbocycles. The van der Waals surface area contributed by atoms with Crippen LogP contribution in [0.2, 0.25) is 0 Å². The first kappa shape index (κ1) is 12.1. The molecule has 1 aromatic rings. The fourth-order valence-electron chi connectivity index (χ4n) is 2.09. The van der Waals surface area contributed by atoms with Crippen LogP contribution < -0.4 is 10.6 Å². The number of carbonyl (C=O) groups is 1. The van der Waals surface area contributed by atoms with Crippen LogP contribution in [0.25, 0.3) is 0 Å². The number of fused-ring (bicyclic) bond motifs is 1. The fraction of sp³-hybridized carbons (Fsp3) is 0.500. The summed E-state index contributed by atoms with van der Waals surface area (Å²) in [4.78, 5) is 12.0. The molecule has 0 radical (unpaired) electrons. The van der Waals surface area contributed by atoms with Crippen molar-refractivity contribution >= 4 is 5.91 Å². The number of carbonyl (C=O) groups excluding carboxylic acids is 1. The van der Waals surface area contributed by atoms with Gasteiger partial charge in [-0.15, -0.1) is 0 Å². The molecule has 2 rings (SSSR count). The summed E-state index contributed by atoms with van der Waals surface area (Å²) in [6.07, 6.45) is 1.76. The van der Waals surface area contributed by atoms with Gasteiger partial charge in [-0.2, -0.15) is 0 Å². The van der Waals surface area contributed by atoms with Gasteiger partial charge in [-0.3, -0.25) is 4.79 Å². The lowest BCUT2D eigenvalue weighted by molar-refractivity contribution is -0.123. The van der Waals surface area contributed by atoms with Gasteiger partial charge in [0.25, 0.3) is 0 Å². The number of rotatable bonds is 3. The van der Waals surface area contributed by atoms with Gasteiger partial charge in [-0.25, -0.2) is 0 Å². The Kier molecular flexibility index (Phi) is 3.79. The predicted octanol–water partition coefficient (Wildman–Crippen LogP) is 1.62. The first-order valence-corrected chi connectivity index (χ1v) is 6.31. The Labute approximate surface area is 103 Å². The van der Waals surface area contributed by atoms with Crippen LogP contribution >= 0.6 is 0 Å². The minimum atomic E-state index is -0.0844. The molecular formula is C14H20N2O. The van der Waals surface area contributed by atoms with Crippen LogP contribution in [-0.2, 0) is 17.8 Å². The second kappa shape index (κ2) is 5.32. The molecule has 17 heavy (non-hydrogen) atoms. The highest BCUT2D eigenvalue weighted by Gasteiger charge is 2.24. The van der Waals surface area contributed by atoms with Gasteiger partial charge in [0.2, 0.25) is 5.91 Å². The quantitative estimate of drug-likeness (QED) is 0.831. The van der Waals surface area contributed by atoms with Crippen LogP contribution in [0.3, 0.4) is 0 Å². The fourth-order valence-corrected chi connectivity index (χ4v) is 2.09. The predicted molar refractivity (Wildman–Crippen MR) is 68.7 cm³/mol. The molecule has 2 N–H and O–H groups in total. The maximum Gasteiger partial charge on any atom is 0.237 e. The van der Waals surface area contributed by atoms with Crippen LogP contribution in [0.4, 0.5) is 0 Å². The third kappa shape index (κ3) is 2.86. The van der Waals surface area contributed by atoms with E-state index in [2.05, 4.69) is 29.7 Å². The van der Waals surface area contributed by atoms with Crippen molar-refractivity contribution in [1.82, 2.24) is 10.6 Å². The zero-order valence-corrected chi connectivity index (χ0v) is 10.5. The third-order valence-corrected chi connectivity index (χ3v) is 3.40. The molecule has 1 amide bonds. The Morgan fingerprint density at radius 3 is 2.88 bits per heavy atom. The molecule has 0 bridgehead atoms. The van der Waals surface area contributed by atoms with Crippen molar-refractivity contribution in [1.29, 1.82) is 0 Å². The highest BCUT2D eigenvalue weighted by atomic mass is 16.2. The molecule has 0 fully saturated rings. The van der Waals surface area contributed by atoms with E-state index in [0.29, 0.717) is 0 Å². The SMILES string of the molecule is CCC(C)NC(=O)C1Cc2ccccc2CN1. The highest BCUT2D eigenvalue weighted by molar-refractivity contribution is 5.82. The highest BCUT2D eigenvalue weighted by Crippen LogP contribution is 2.16. The summed E-state index contributed by atoms with van der Waals surface area (Å²) >= 11 is 0. The summed E-state index contributed by atoms with van der Waals surface area (Å²) in [5.41, 5.74) is 2.59. The standard InChI is InChI=1S/C14H20N2O/c1-3-10(2)16-14(17)13-8-11-6-4-5-7-12(11)9-15-13/h4-7,10,13,15H,3,8-9H2,1-2H3,(H,16,17). The molecular weight excluding hydrogens is 212 g/mol. The van der Waals surface area contributed by atoms with Crippen molar-refractivity contribution in [2.24, 2.45) is 0 Å². The Morgan fingerprint density at radius 2 is 2.18 bits per heavy atom. The zero-order valence-electron chi connectivity index (χ0n) is 10.5. The summed E-state index contributed by atoms with van der Waals surface area (Å²) in [7, 11) is 0. The molecule has 1 heterocycles. The molecule has 0 aromatic heterocycles. The second-order valence-corrected chi connectivity index (χ2v) is 4.72. The van der Waals surface area contributed by atoms with Crippen molar-refractivity contribution in [2.75, 3.05) is 0 Å². The number of amides is 1. The minimum Gasteiger partial charge on any atom is -0.352 e. The van der Waals surface area contributed by atoms with E-state index in [1.807, 2.05) is 19.1 Å². The normalized spacial score (nSPS) is 20.5. The molecule has 0 saturated heterocycles. The van der Waals surface area contributed by atoms with E-state index in [1.165, 1.54) is 11.1 Å². The molecule has 92 valence electrons. The van der Waals surface area contributed by atoms with Crippen LogP contribution in [0, 0.1) is 0 Å². The van der Waals surface area contributed by atoms with E-state index in [-0.39, 0.29) is 18.0 Å². The van der Waals surface area contributed by atoms with Gasteiger partial charge in [0.1, 0.15) is 0 Å². The van der Waals surface area contributed by atoms with Crippen LogP contribution in [0.1, 0.15) is 31.4 Å². The van der Waals surface area contributed by atoms with Gasteiger partial charge >= 0.3 is 0 Å². The average Bonchev–Trinajstić information content (AvgIpc) is 2.38.